The summed E-state index contributed by atoms with van der Waals surface area (Å²) in [6, 6.07) is 0. The van der Waals surface area contributed by atoms with Crippen LogP contribution in [0.15, 0.2) is 0 Å². The molecule has 1 aliphatic rings. The van der Waals surface area contributed by atoms with Crippen LogP contribution in [0, 0.1) is 0 Å². The van der Waals surface area contributed by atoms with Gasteiger partial charge in [-0.25, -0.2) is 0 Å². The maximum absolute atomic E-state index is 9.91. The van der Waals surface area contributed by atoms with Gasteiger partial charge in [0.05, 0.1) is 85.9 Å². The third-order valence-electron chi connectivity index (χ3n) is 7.86. The number of hydrogen-bond donors (Lipinski definition) is 4. The summed E-state index contributed by atoms with van der Waals surface area (Å²) < 4.78 is 43.6. The summed E-state index contributed by atoms with van der Waals surface area (Å²) in [5, 5.41) is 38.6. The molecule has 0 unspecified atom stereocenters. The summed E-state index contributed by atoms with van der Waals surface area (Å²) >= 11 is 0. The molecule has 46 heavy (non-hydrogen) atoms. The highest BCUT2D eigenvalue weighted by Gasteiger charge is 2.43. The molecule has 0 radical (unpaired) electrons. The summed E-state index contributed by atoms with van der Waals surface area (Å²) in [6.45, 7) is 7.81. The normalized spacial score (nSPS) is 21.7. The number of ether oxygens (including phenoxy) is 8. The van der Waals surface area contributed by atoms with E-state index < -0.39 is 37.3 Å². The molecule has 0 aliphatic carbocycles. The first-order valence-corrected chi connectivity index (χ1v) is 18.0. The maximum atomic E-state index is 9.91. The second-order valence-electron chi connectivity index (χ2n) is 11.8. The summed E-state index contributed by atoms with van der Waals surface area (Å²) in [4.78, 5) is 0. The molecule has 5 atom stereocenters. The highest BCUT2D eigenvalue weighted by atomic mass is 16.7. The van der Waals surface area contributed by atoms with Gasteiger partial charge < -0.3 is 58.3 Å². The molecule has 1 heterocycles. The van der Waals surface area contributed by atoms with E-state index in [1.54, 1.807) is 0 Å². The van der Waals surface area contributed by atoms with Gasteiger partial charge in [0, 0.05) is 6.61 Å². The van der Waals surface area contributed by atoms with Crippen molar-refractivity contribution in [2.75, 3.05) is 92.5 Å². The van der Waals surface area contributed by atoms with E-state index in [1.165, 1.54) is 83.5 Å². The van der Waals surface area contributed by atoms with Crippen LogP contribution < -0.4 is 0 Å². The van der Waals surface area contributed by atoms with Crippen LogP contribution in [0.1, 0.15) is 96.8 Å². The molecule has 0 saturated carbocycles. The Hall–Kier alpha value is -0.480. The van der Waals surface area contributed by atoms with Gasteiger partial charge in [0.2, 0.25) is 0 Å². The second kappa shape index (κ2) is 33.0. The van der Waals surface area contributed by atoms with Crippen LogP contribution in [0.25, 0.3) is 0 Å². The number of hydrogen-bond acceptors (Lipinski definition) is 12. The average Bonchev–Trinajstić information content (AvgIpc) is 3.06. The minimum absolute atomic E-state index is 0.101. The van der Waals surface area contributed by atoms with Crippen LogP contribution in [-0.2, 0) is 37.9 Å². The van der Waals surface area contributed by atoms with E-state index >= 15 is 0 Å². The van der Waals surface area contributed by atoms with Crippen LogP contribution in [-0.4, -0.2) is 144 Å². The van der Waals surface area contributed by atoms with Crippen molar-refractivity contribution in [3.63, 3.8) is 0 Å². The molecular weight excluding hydrogens is 600 g/mol. The summed E-state index contributed by atoms with van der Waals surface area (Å²) in [5.74, 6) is 0. The predicted molar refractivity (Wildman–Crippen MR) is 175 cm³/mol. The van der Waals surface area contributed by atoms with Crippen molar-refractivity contribution in [3.05, 3.63) is 0 Å². The van der Waals surface area contributed by atoms with Gasteiger partial charge in [0.25, 0.3) is 0 Å². The molecule has 0 aromatic heterocycles. The molecule has 0 aromatic carbocycles. The van der Waals surface area contributed by atoms with Gasteiger partial charge in [0.1, 0.15) is 24.4 Å². The lowest BCUT2D eigenvalue weighted by Gasteiger charge is -2.39. The van der Waals surface area contributed by atoms with E-state index in [2.05, 4.69) is 6.92 Å². The first kappa shape index (κ1) is 43.5. The maximum Gasteiger partial charge on any atom is 0.186 e. The van der Waals surface area contributed by atoms with Crippen molar-refractivity contribution in [3.8, 4) is 0 Å². The fraction of sp³-hybridized carbons (Fsp3) is 1.00. The number of aliphatic hydroxyl groups excluding tert-OH is 4. The molecule has 0 spiro atoms. The average molecular weight is 669 g/mol. The van der Waals surface area contributed by atoms with Gasteiger partial charge in [-0.1, -0.05) is 90.4 Å². The van der Waals surface area contributed by atoms with Crippen molar-refractivity contribution < 1.29 is 58.3 Å². The van der Waals surface area contributed by atoms with Crippen molar-refractivity contribution >= 4 is 0 Å². The Morgan fingerprint density at radius 2 is 0.761 bits per heavy atom. The Morgan fingerprint density at radius 1 is 0.413 bits per heavy atom. The van der Waals surface area contributed by atoms with Crippen molar-refractivity contribution in [1.29, 1.82) is 0 Å². The molecule has 1 rings (SSSR count). The van der Waals surface area contributed by atoms with Crippen molar-refractivity contribution in [2.45, 2.75) is 128 Å². The molecule has 0 aromatic rings. The molecule has 1 aliphatic heterocycles. The lowest BCUT2D eigenvalue weighted by atomic mass is 9.99. The quantitative estimate of drug-likeness (QED) is 0.0732. The van der Waals surface area contributed by atoms with E-state index in [4.69, 9.17) is 37.9 Å². The summed E-state index contributed by atoms with van der Waals surface area (Å²) in [5.41, 5.74) is 0. The zero-order chi connectivity index (χ0) is 33.3. The third kappa shape index (κ3) is 24.6. The molecule has 0 bridgehead atoms. The zero-order valence-electron chi connectivity index (χ0n) is 28.7. The van der Waals surface area contributed by atoms with Gasteiger partial charge in [-0.15, -0.1) is 0 Å². The topological polar surface area (TPSA) is 155 Å². The summed E-state index contributed by atoms with van der Waals surface area (Å²) in [7, 11) is 0. The van der Waals surface area contributed by atoms with E-state index in [0.717, 1.165) is 13.0 Å². The first-order chi connectivity index (χ1) is 22.6. The molecule has 0 amide bonds. The molecular formula is C34H68O12. The Kier molecular flexibility index (Phi) is 31.3. The van der Waals surface area contributed by atoms with E-state index in [0.29, 0.717) is 66.1 Å². The van der Waals surface area contributed by atoms with Crippen LogP contribution in [0.2, 0.25) is 0 Å². The van der Waals surface area contributed by atoms with Gasteiger partial charge in [-0.3, -0.25) is 0 Å². The van der Waals surface area contributed by atoms with Gasteiger partial charge >= 0.3 is 0 Å². The van der Waals surface area contributed by atoms with Crippen LogP contribution in [0.5, 0.6) is 0 Å². The van der Waals surface area contributed by atoms with Crippen molar-refractivity contribution in [1.82, 2.24) is 0 Å². The van der Waals surface area contributed by atoms with Gasteiger partial charge in [-0.2, -0.15) is 0 Å². The molecule has 276 valence electrons. The van der Waals surface area contributed by atoms with Gasteiger partial charge in [0.15, 0.2) is 6.29 Å². The number of unbranched alkanes of at least 4 members (excludes halogenated alkanes) is 13. The zero-order valence-corrected chi connectivity index (χ0v) is 28.7. The highest BCUT2D eigenvalue weighted by Crippen LogP contribution is 2.21. The van der Waals surface area contributed by atoms with E-state index in [9.17, 15) is 20.4 Å². The Balaban J connectivity index is 1.69. The first-order valence-electron chi connectivity index (χ1n) is 18.0. The van der Waals surface area contributed by atoms with Crippen LogP contribution >= 0.6 is 0 Å². The SMILES string of the molecule is CCCCCCCCCCCCCCCCOCCOCCOCCOCCOCCOCCO[C@@H]1O[C@H](CO)[C@H](O)[C@H](O)[C@H]1O. The Bertz CT molecular complexity index is 615. The second-order valence-corrected chi connectivity index (χ2v) is 11.8. The largest absolute Gasteiger partial charge is 0.394 e. The van der Waals surface area contributed by atoms with Crippen LogP contribution in [0.3, 0.4) is 0 Å². The molecule has 12 nitrogen and oxygen atoms in total. The fourth-order valence-electron chi connectivity index (χ4n) is 5.03. The molecule has 1 saturated heterocycles. The van der Waals surface area contributed by atoms with Gasteiger partial charge in [-0.05, 0) is 6.42 Å². The molecule has 12 heteroatoms. The van der Waals surface area contributed by atoms with E-state index in [1.807, 2.05) is 0 Å². The molecule has 1 fully saturated rings. The number of aliphatic hydroxyl groups is 4. The Morgan fingerprint density at radius 3 is 1.15 bits per heavy atom. The number of rotatable bonds is 35. The monoisotopic (exact) mass is 668 g/mol. The third-order valence-corrected chi connectivity index (χ3v) is 7.86. The predicted octanol–water partition coefficient (Wildman–Crippen LogP) is 3.38. The minimum atomic E-state index is -1.46. The minimum Gasteiger partial charge on any atom is -0.394 e. The molecule has 4 N–H and O–H groups in total. The Labute approximate surface area is 278 Å². The highest BCUT2D eigenvalue weighted by molar-refractivity contribution is 4.88. The summed E-state index contributed by atoms with van der Waals surface area (Å²) in [6.07, 6.45) is 12.7. The standard InChI is InChI=1S/C34H68O12/c1-2-3-4-5-6-7-8-9-10-11-12-13-14-15-16-39-17-18-40-19-20-41-21-22-42-23-24-43-25-26-44-27-28-45-34-33(38)32(37)31(36)30(29-35)46-34/h30-38H,2-29H2,1H3/t30-,31+,32+,33-,34-/m1/s1. The lowest BCUT2D eigenvalue weighted by molar-refractivity contribution is -0.302. The lowest BCUT2D eigenvalue weighted by Crippen LogP contribution is -2.59. The fourth-order valence-corrected chi connectivity index (χ4v) is 5.03. The van der Waals surface area contributed by atoms with Crippen LogP contribution in [0.4, 0.5) is 0 Å². The van der Waals surface area contributed by atoms with E-state index in [-0.39, 0.29) is 13.2 Å². The smallest absolute Gasteiger partial charge is 0.186 e. The van der Waals surface area contributed by atoms with Crippen molar-refractivity contribution in [2.24, 2.45) is 0 Å².